The molecule has 0 aliphatic heterocycles. The number of rotatable bonds is 4. The molecule has 0 aliphatic carbocycles. The van der Waals surface area contributed by atoms with Crippen LogP contribution >= 0.6 is 15.9 Å². The summed E-state index contributed by atoms with van der Waals surface area (Å²) in [4.78, 5) is 0. The van der Waals surface area contributed by atoms with Gasteiger partial charge in [0, 0.05) is 10.5 Å². The summed E-state index contributed by atoms with van der Waals surface area (Å²) in [5.41, 5.74) is 6.96. The minimum atomic E-state index is -4.38. The molecule has 1 atom stereocenters. The monoisotopic (exact) mass is 357 g/mol. The van der Waals surface area contributed by atoms with E-state index in [1.54, 1.807) is 6.07 Å². The maximum Gasteiger partial charge on any atom is 0.417 e. The molecule has 0 bridgehead atoms. The van der Waals surface area contributed by atoms with Gasteiger partial charge in [-0.15, -0.1) is 0 Å². The molecule has 112 valence electrons. The highest BCUT2D eigenvalue weighted by atomic mass is 79.9. The van der Waals surface area contributed by atoms with Gasteiger partial charge in [0.2, 0.25) is 0 Å². The van der Waals surface area contributed by atoms with Crippen molar-refractivity contribution >= 4 is 15.9 Å². The maximum absolute atomic E-state index is 12.9. The summed E-state index contributed by atoms with van der Waals surface area (Å²) in [6.07, 6.45) is -3.05. The highest BCUT2D eigenvalue weighted by Crippen LogP contribution is 2.36. The average molecular weight is 358 g/mol. The predicted octanol–water partition coefficient (Wildman–Crippen LogP) is 5.10. The van der Waals surface area contributed by atoms with Crippen molar-refractivity contribution in [2.45, 2.75) is 25.1 Å². The summed E-state index contributed by atoms with van der Waals surface area (Å²) in [6, 6.07) is 13.5. The van der Waals surface area contributed by atoms with Gasteiger partial charge in [0.25, 0.3) is 0 Å². The molecule has 0 aromatic heterocycles. The van der Waals surface area contributed by atoms with Gasteiger partial charge in [0.1, 0.15) is 0 Å². The second-order valence-corrected chi connectivity index (χ2v) is 5.72. The van der Waals surface area contributed by atoms with E-state index in [4.69, 9.17) is 5.73 Å². The Hall–Kier alpha value is -1.33. The molecule has 2 aromatic rings. The molecule has 5 heteroatoms. The SMILES string of the molecule is NC(CCc1ccccc1)c1ccc(Br)c(C(F)(F)F)c1. The summed E-state index contributed by atoms with van der Waals surface area (Å²) in [5.74, 6) is 0. The van der Waals surface area contributed by atoms with Gasteiger partial charge in [-0.2, -0.15) is 13.2 Å². The molecule has 1 unspecified atom stereocenters. The van der Waals surface area contributed by atoms with E-state index in [1.165, 1.54) is 6.07 Å². The van der Waals surface area contributed by atoms with Crippen molar-refractivity contribution in [2.75, 3.05) is 0 Å². The fourth-order valence-corrected chi connectivity index (χ4v) is 2.60. The minimum Gasteiger partial charge on any atom is -0.324 e. The zero-order valence-electron chi connectivity index (χ0n) is 11.2. The van der Waals surface area contributed by atoms with Gasteiger partial charge in [0.15, 0.2) is 0 Å². The van der Waals surface area contributed by atoms with Crippen LogP contribution in [0.1, 0.15) is 29.2 Å². The lowest BCUT2D eigenvalue weighted by molar-refractivity contribution is -0.138. The number of hydrogen-bond donors (Lipinski definition) is 1. The third kappa shape index (κ3) is 4.32. The van der Waals surface area contributed by atoms with Gasteiger partial charge in [-0.05, 0) is 36.1 Å². The lowest BCUT2D eigenvalue weighted by Gasteiger charge is -2.16. The van der Waals surface area contributed by atoms with E-state index >= 15 is 0 Å². The summed E-state index contributed by atoms with van der Waals surface area (Å²) < 4.78 is 38.7. The second-order valence-electron chi connectivity index (χ2n) is 4.87. The molecule has 2 aromatic carbocycles. The lowest BCUT2D eigenvalue weighted by Crippen LogP contribution is -2.14. The molecule has 0 heterocycles. The van der Waals surface area contributed by atoms with Crippen molar-refractivity contribution < 1.29 is 13.2 Å². The first kappa shape index (κ1) is 16.0. The Balaban J connectivity index is 2.11. The van der Waals surface area contributed by atoms with Gasteiger partial charge in [-0.25, -0.2) is 0 Å². The van der Waals surface area contributed by atoms with Gasteiger partial charge in [-0.1, -0.05) is 52.3 Å². The van der Waals surface area contributed by atoms with Crippen molar-refractivity contribution in [1.82, 2.24) is 0 Å². The third-order valence-corrected chi connectivity index (χ3v) is 4.00. The number of aryl methyl sites for hydroxylation is 1. The van der Waals surface area contributed by atoms with Crippen molar-refractivity contribution in [3.05, 3.63) is 69.7 Å². The molecule has 2 rings (SSSR count). The molecule has 2 N–H and O–H groups in total. The van der Waals surface area contributed by atoms with Crippen LogP contribution in [0.2, 0.25) is 0 Å². The van der Waals surface area contributed by atoms with Gasteiger partial charge in [-0.3, -0.25) is 0 Å². The van der Waals surface area contributed by atoms with Crippen LogP contribution < -0.4 is 5.73 Å². The maximum atomic E-state index is 12.9. The van der Waals surface area contributed by atoms with Crippen molar-refractivity contribution in [3.8, 4) is 0 Å². The topological polar surface area (TPSA) is 26.0 Å². The molecule has 0 amide bonds. The van der Waals surface area contributed by atoms with Crippen LogP contribution in [0.5, 0.6) is 0 Å². The highest BCUT2D eigenvalue weighted by molar-refractivity contribution is 9.10. The average Bonchev–Trinajstić information content (AvgIpc) is 2.45. The molecule has 0 aliphatic rings. The molecular weight excluding hydrogens is 343 g/mol. The molecule has 21 heavy (non-hydrogen) atoms. The fourth-order valence-electron chi connectivity index (χ4n) is 2.12. The van der Waals surface area contributed by atoms with Crippen LogP contribution in [0.3, 0.4) is 0 Å². The standard InChI is InChI=1S/C16H15BrF3N/c17-14-8-7-12(10-13(14)16(18,19)20)15(21)9-6-11-4-2-1-3-5-11/h1-5,7-8,10,15H,6,9,21H2. The second kappa shape index (κ2) is 6.62. The smallest absolute Gasteiger partial charge is 0.324 e. The normalized spacial score (nSPS) is 13.2. The largest absolute Gasteiger partial charge is 0.417 e. The zero-order chi connectivity index (χ0) is 15.5. The molecule has 0 saturated carbocycles. The van der Waals surface area contributed by atoms with E-state index < -0.39 is 17.8 Å². The summed E-state index contributed by atoms with van der Waals surface area (Å²) in [6.45, 7) is 0. The molecule has 0 saturated heterocycles. The quantitative estimate of drug-likeness (QED) is 0.809. The Bertz CT molecular complexity index is 596. The zero-order valence-corrected chi connectivity index (χ0v) is 12.8. The molecule has 0 fully saturated rings. The first-order valence-corrected chi connectivity index (χ1v) is 7.33. The van der Waals surface area contributed by atoms with E-state index in [1.807, 2.05) is 30.3 Å². The van der Waals surface area contributed by atoms with Crippen LogP contribution in [0.25, 0.3) is 0 Å². The van der Waals surface area contributed by atoms with Crippen LogP contribution in [0, 0.1) is 0 Å². The van der Waals surface area contributed by atoms with Gasteiger partial charge in [0.05, 0.1) is 5.56 Å². The predicted molar refractivity (Wildman–Crippen MR) is 80.8 cm³/mol. The number of alkyl halides is 3. The molecule has 0 spiro atoms. The van der Waals surface area contributed by atoms with Crippen LogP contribution in [0.15, 0.2) is 53.0 Å². The summed E-state index contributed by atoms with van der Waals surface area (Å²) in [7, 11) is 0. The number of halogens is 4. The van der Waals surface area contributed by atoms with E-state index in [9.17, 15) is 13.2 Å². The number of nitrogens with two attached hydrogens (primary N) is 1. The highest BCUT2D eigenvalue weighted by Gasteiger charge is 2.33. The summed E-state index contributed by atoms with van der Waals surface area (Å²) in [5, 5.41) is 0. The Labute approximate surface area is 130 Å². The lowest BCUT2D eigenvalue weighted by atomic mass is 9.98. The Morgan fingerprint density at radius 2 is 1.71 bits per heavy atom. The first-order chi connectivity index (χ1) is 9.88. The van der Waals surface area contributed by atoms with Crippen LogP contribution in [-0.2, 0) is 12.6 Å². The van der Waals surface area contributed by atoms with E-state index in [2.05, 4.69) is 15.9 Å². The van der Waals surface area contributed by atoms with Crippen LogP contribution in [-0.4, -0.2) is 0 Å². The van der Waals surface area contributed by atoms with Gasteiger partial charge < -0.3 is 5.73 Å². The third-order valence-electron chi connectivity index (χ3n) is 3.31. The Morgan fingerprint density at radius 3 is 2.33 bits per heavy atom. The van der Waals surface area contributed by atoms with E-state index in [0.29, 0.717) is 12.0 Å². The molecule has 0 radical (unpaired) electrons. The Kier molecular flexibility index (Phi) is 5.06. The summed E-state index contributed by atoms with van der Waals surface area (Å²) >= 11 is 2.93. The van der Waals surface area contributed by atoms with Crippen molar-refractivity contribution in [1.29, 1.82) is 0 Å². The fraction of sp³-hybridized carbons (Fsp3) is 0.250. The van der Waals surface area contributed by atoms with Crippen molar-refractivity contribution in [3.63, 3.8) is 0 Å². The molecular formula is C16H15BrF3N. The molecule has 1 nitrogen and oxygen atoms in total. The Morgan fingerprint density at radius 1 is 1.05 bits per heavy atom. The van der Waals surface area contributed by atoms with Crippen LogP contribution in [0.4, 0.5) is 13.2 Å². The van der Waals surface area contributed by atoms with E-state index in [0.717, 1.165) is 18.1 Å². The van der Waals surface area contributed by atoms with Crippen molar-refractivity contribution in [2.24, 2.45) is 5.73 Å². The number of hydrogen-bond acceptors (Lipinski definition) is 1. The van der Waals surface area contributed by atoms with Gasteiger partial charge >= 0.3 is 6.18 Å². The number of benzene rings is 2. The minimum absolute atomic E-state index is 0.0361. The first-order valence-electron chi connectivity index (χ1n) is 6.54. The van der Waals surface area contributed by atoms with E-state index in [-0.39, 0.29) is 4.47 Å².